The van der Waals surface area contributed by atoms with Gasteiger partial charge in [-0.1, -0.05) is 41.7 Å². The van der Waals surface area contributed by atoms with Gasteiger partial charge in [-0.2, -0.15) is 0 Å². The summed E-state index contributed by atoms with van der Waals surface area (Å²) in [6, 6.07) is 0. The highest BCUT2D eigenvalue weighted by Crippen LogP contribution is 2.41. The first-order valence-corrected chi connectivity index (χ1v) is 5.16. The Bertz CT molecular complexity index is 373. The van der Waals surface area contributed by atoms with Crippen molar-refractivity contribution in [2.45, 2.75) is 23.7 Å². The van der Waals surface area contributed by atoms with E-state index >= 15 is 0 Å². The van der Waals surface area contributed by atoms with Crippen molar-refractivity contribution in [1.82, 2.24) is 15.0 Å². The number of nitrogens with zero attached hydrogens (tertiary/aromatic N) is 4. The van der Waals surface area contributed by atoms with E-state index in [9.17, 15) is 10.1 Å². The van der Waals surface area contributed by atoms with E-state index in [1.807, 2.05) is 6.92 Å². The van der Waals surface area contributed by atoms with Gasteiger partial charge in [0.2, 0.25) is 3.79 Å². The fourth-order valence-electron chi connectivity index (χ4n) is 1.07. The van der Waals surface area contributed by atoms with Crippen molar-refractivity contribution in [2.24, 2.45) is 0 Å². The first-order valence-electron chi connectivity index (χ1n) is 4.03. The molecule has 0 unspecified atom stereocenters. The molecule has 9 heteroatoms. The van der Waals surface area contributed by atoms with Gasteiger partial charge in [0.15, 0.2) is 5.69 Å². The van der Waals surface area contributed by atoms with Crippen molar-refractivity contribution in [1.29, 1.82) is 0 Å². The van der Waals surface area contributed by atoms with Gasteiger partial charge >= 0.3 is 5.82 Å². The smallest absolute Gasteiger partial charge is 0.358 e. The summed E-state index contributed by atoms with van der Waals surface area (Å²) < 4.78 is -0.674. The highest BCUT2D eigenvalue weighted by molar-refractivity contribution is 6.66. The first-order chi connectivity index (χ1) is 6.88. The average molecular weight is 274 g/mol. The number of hydrogen-bond acceptors (Lipinski definition) is 4. The van der Waals surface area contributed by atoms with Crippen molar-refractivity contribution in [3.63, 3.8) is 0 Å². The number of aryl methyl sites for hydroxylation is 1. The Morgan fingerprint density at radius 3 is 2.53 bits per heavy atom. The monoisotopic (exact) mass is 272 g/mol. The van der Waals surface area contributed by atoms with Crippen LogP contribution in [-0.2, 0) is 10.3 Å². The third-order valence-electron chi connectivity index (χ3n) is 1.59. The van der Waals surface area contributed by atoms with Crippen LogP contribution in [0.3, 0.4) is 0 Å². The summed E-state index contributed by atoms with van der Waals surface area (Å²) in [6.45, 7) is 2.28. The molecule has 0 atom stereocenters. The maximum absolute atomic E-state index is 10.6. The summed E-state index contributed by atoms with van der Waals surface area (Å²) in [5.41, 5.74) is -0.112. The van der Waals surface area contributed by atoms with Crippen LogP contribution in [0.15, 0.2) is 0 Å². The number of nitro groups is 1. The molecule has 0 saturated heterocycles. The Morgan fingerprint density at radius 2 is 2.13 bits per heavy atom. The molecule has 84 valence electrons. The minimum Gasteiger partial charge on any atom is -0.358 e. The van der Waals surface area contributed by atoms with Gasteiger partial charge in [0.1, 0.15) is 5.10 Å². The molecule has 1 heterocycles. The number of aromatic nitrogens is 3. The van der Waals surface area contributed by atoms with Gasteiger partial charge in [0, 0.05) is 6.54 Å². The Morgan fingerprint density at radius 1 is 1.53 bits per heavy atom. The van der Waals surface area contributed by atoms with Crippen LogP contribution in [0.25, 0.3) is 0 Å². The molecule has 0 aliphatic heterocycles. The van der Waals surface area contributed by atoms with E-state index in [4.69, 9.17) is 34.8 Å². The summed E-state index contributed by atoms with van der Waals surface area (Å²) in [7, 11) is 0. The molecule has 0 radical (unpaired) electrons. The third-order valence-corrected chi connectivity index (χ3v) is 2.13. The van der Waals surface area contributed by atoms with Gasteiger partial charge in [-0.15, -0.1) is 0 Å². The molecule has 1 aromatic rings. The lowest BCUT2D eigenvalue weighted by atomic mass is 10.4. The summed E-state index contributed by atoms with van der Waals surface area (Å²) >= 11 is 16.8. The minimum atomic E-state index is -1.90. The zero-order chi connectivity index (χ0) is 11.6. The molecule has 0 amide bonds. The molecule has 0 fully saturated rings. The van der Waals surface area contributed by atoms with Crippen LogP contribution >= 0.6 is 34.8 Å². The van der Waals surface area contributed by atoms with Gasteiger partial charge < -0.3 is 10.1 Å². The van der Waals surface area contributed by atoms with Crippen molar-refractivity contribution in [3.8, 4) is 0 Å². The normalized spacial score (nSPS) is 11.7. The van der Waals surface area contributed by atoms with E-state index < -0.39 is 14.5 Å². The molecule has 0 aliphatic rings. The highest BCUT2D eigenvalue weighted by Gasteiger charge is 2.39. The summed E-state index contributed by atoms with van der Waals surface area (Å²) in [5, 5.41) is 17.5. The van der Waals surface area contributed by atoms with Crippen LogP contribution in [0, 0.1) is 10.1 Å². The molecular weight excluding hydrogens is 266 g/mol. The van der Waals surface area contributed by atoms with Gasteiger partial charge in [0.05, 0.1) is 5.21 Å². The fourth-order valence-corrected chi connectivity index (χ4v) is 1.61. The Hall–Kier alpha value is -0.590. The molecular formula is C6H7Cl3N4O2. The molecule has 15 heavy (non-hydrogen) atoms. The van der Waals surface area contributed by atoms with Crippen LogP contribution in [0.4, 0.5) is 5.82 Å². The van der Waals surface area contributed by atoms with Gasteiger partial charge in [0.25, 0.3) is 0 Å². The lowest BCUT2D eigenvalue weighted by Crippen LogP contribution is -2.13. The Balaban J connectivity index is 3.27. The maximum atomic E-state index is 10.6. The highest BCUT2D eigenvalue weighted by atomic mass is 35.6. The summed E-state index contributed by atoms with van der Waals surface area (Å²) in [5.74, 6) is -0.525. The van der Waals surface area contributed by atoms with E-state index in [0.717, 1.165) is 0 Å². The predicted octanol–water partition coefficient (Wildman–Crippen LogP) is 2.42. The minimum absolute atomic E-state index is 0.112. The second-order valence-corrected chi connectivity index (χ2v) is 5.02. The second-order valence-electron chi connectivity index (χ2n) is 2.74. The standard InChI is InChI=1S/C6H7Cl3N4O2/c1-2-3-12-4(6(7,8)9)5(10-11-12)13(14)15/h2-3H2,1H3. The molecule has 0 aliphatic carbocycles. The number of alkyl halides is 3. The molecule has 0 saturated carbocycles. The lowest BCUT2D eigenvalue weighted by Gasteiger charge is -2.10. The predicted molar refractivity (Wildman–Crippen MR) is 56.2 cm³/mol. The van der Waals surface area contributed by atoms with Crippen LogP contribution < -0.4 is 0 Å². The Labute approximate surface area is 100 Å². The molecule has 0 aromatic carbocycles. The third kappa shape index (κ3) is 2.70. The lowest BCUT2D eigenvalue weighted by molar-refractivity contribution is -0.390. The maximum Gasteiger partial charge on any atom is 0.418 e. The number of halogens is 3. The van der Waals surface area contributed by atoms with Gasteiger partial charge in [-0.05, 0) is 11.3 Å². The Kier molecular flexibility index (Phi) is 3.75. The fraction of sp³-hybridized carbons (Fsp3) is 0.667. The zero-order valence-electron chi connectivity index (χ0n) is 7.65. The first kappa shape index (κ1) is 12.5. The number of rotatable bonds is 3. The van der Waals surface area contributed by atoms with Crippen LogP contribution in [0.2, 0.25) is 0 Å². The topological polar surface area (TPSA) is 73.8 Å². The van der Waals surface area contributed by atoms with Crippen LogP contribution in [0.5, 0.6) is 0 Å². The van der Waals surface area contributed by atoms with Crippen LogP contribution in [-0.4, -0.2) is 19.9 Å². The van der Waals surface area contributed by atoms with E-state index in [0.29, 0.717) is 13.0 Å². The van der Waals surface area contributed by atoms with E-state index in [1.54, 1.807) is 0 Å². The van der Waals surface area contributed by atoms with Crippen molar-refractivity contribution in [3.05, 3.63) is 15.8 Å². The van der Waals surface area contributed by atoms with E-state index in [1.165, 1.54) is 4.68 Å². The molecule has 0 spiro atoms. The summed E-state index contributed by atoms with van der Waals surface area (Å²) in [4.78, 5) is 9.87. The second kappa shape index (κ2) is 4.51. The average Bonchev–Trinajstić information content (AvgIpc) is 2.47. The van der Waals surface area contributed by atoms with Crippen LogP contribution in [0.1, 0.15) is 19.0 Å². The SMILES string of the molecule is CCCn1nnc([N+](=O)[O-])c1C(Cl)(Cl)Cl. The van der Waals surface area contributed by atoms with E-state index in [-0.39, 0.29) is 5.69 Å². The number of hydrogen-bond donors (Lipinski definition) is 0. The zero-order valence-corrected chi connectivity index (χ0v) is 9.92. The quantitative estimate of drug-likeness (QED) is 0.481. The summed E-state index contributed by atoms with van der Waals surface area (Å²) in [6.07, 6.45) is 0.703. The molecule has 6 nitrogen and oxygen atoms in total. The largest absolute Gasteiger partial charge is 0.418 e. The van der Waals surface area contributed by atoms with Crippen molar-refractivity contribution >= 4 is 40.6 Å². The molecule has 1 aromatic heterocycles. The van der Waals surface area contributed by atoms with Gasteiger partial charge in [-0.25, -0.2) is 4.68 Å². The molecule has 0 N–H and O–H groups in total. The molecule has 1 rings (SSSR count). The van der Waals surface area contributed by atoms with Crippen molar-refractivity contribution < 1.29 is 4.92 Å². The van der Waals surface area contributed by atoms with E-state index in [2.05, 4.69) is 10.3 Å². The molecule has 0 bridgehead atoms. The van der Waals surface area contributed by atoms with Gasteiger partial charge in [-0.3, -0.25) is 0 Å². The van der Waals surface area contributed by atoms with Crippen molar-refractivity contribution in [2.75, 3.05) is 0 Å².